The summed E-state index contributed by atoms with van der Waals surface area (Å²) in [4.78, 5) is 38.5. The summed E-state index contributed by atoms with van der Waals surface area (Å²) in [6.45, 7) is -0.616. The third-order valence-corrected chi connectivity index (χ3v) is 2.79. The maximum atomic E-state index is 11.7. The Morgan fingerprint density at radius 1 is 1.13 bits per heavy atom. The predicted octanol–water partition coefficient (Wildman–Crippen LogP) is 2.24. The van der Waals surface area contributed by atoms with Crippen molar-refractivity contribution in [2.75, 3.05) is 11.9 Å². The lowest BCUT2D eigenvalue weighted by Crippen LogP contribution is -2.37. The molecule has 2 N–H and O–H groups in total. The summed E-state index contributed by atoms with van der Waals surface area (Å²) in [5, 5.41) is 4.81. The molecule has 0 aliphatic rings. The molecule has 2 aromatic rings. The van der Waals surface area contributed by atoms with E-state index in [1.165, 1.54) is 18.3 Å². The SMILES string of the molecule is O=C(COC(=O)c1cc(Cl)ccn1)NC(=O)Nc1ccccc1. The Labute approximate surface area is 136 Å². The van der Waals surface area contributed by atoms with E-state index in [-0.39, 0.29) is 5.69 Å². The van der Waals surface area contributed by atoms with Crippen LogP contribution in [0.4, 0.5) is 10.5 Å². The molecule has 0 aliphatic heterocycles. The molecule has 0 bridgehead atoms. The first-order valence-electron chi connectivity index (χ1n) is 6.49. The standard InChI is InChI=1S/C15H12ClN3O4/c16-10-6-7-17-12(8-10)14(21)23-9-13(20)19-15(22)18-11-4-2-1-3-5-11/h1-8H,9H2,(H2,18,19,20,22). The smallest absolute Gasteiger partial charge is 0.357 e. The number of hydrogen-bond acceptors (Lipinski definition) is 5. The average molecular weight is 334 g/mol. The fourth-order valence-electron chi connectivity index (χ4n) is 1.57. The molecule has 0 unspecified atom stereocenters. The van der Waals surface area contributed by atoms with Gasteiger partial charge >= 0.3 is 12.0 Å². The fraction of sp³-hybridized carbons (Fsp3) is 0.0667. The Kier molecular flexibility index (Phi) is 5.65. The van der Waals surface area contributed by atoms with Gasteiger partial charge in [0.05, 0.1) is 0 Å². The van der Waals surface area contributed by atoms with E-state index in [1.54, 1.807) is 30.3 Å². The summed E-state index contributed by atoms with van der Waals surface area (Å²) in [6, 6.07) is 10.7. The number of nitrogens with one attached hydrogen (secondary N) is 2. The number of halogens is 1. The number of hydrogen-bond donors (Lipinski definition) is 2. The van der Waals surface area contributed by atoms with E-state index in [2.05, 4.69) is 10.3 Å². The number of nitrogens with zero attached hydrogens (tertiary/aromatic N) is 1. The highest BCUT2D eigenvalue weighted by Crippen LogP contribution is 2.08. The number of carbonyl (C=O) groups is 3. The Morgan fingerprint density at radius 3 is 2.57 bits per heavy atom. The average Bonchev–Trinajstić information content (AvgIpc) is 2.53. The summed E-state index contributed by atoms with van der Waals surface area (Å²) in [5.74, 6) is -1.58. The lowest BCUT2D eigenvalue weighted by molar-refractivity contribution is -0.123. The van der Waals surface area contributed by atoms with Gasteiger partial charge in [-0.2, -0.15) is 0 Å². The largest absolute Gasteiger partial charge is 0.451 e. The number of imide groups is 1. The molecule has 7 nitrogen and oxygen atoms in total. The molecule has 2 rings (SSSR count). The van der Waals surface area contributed by atoms with E-state index in [9.17, 15) is 14.4 Å². The number of ether oxygens (including phenoxy) is 1. The van der Waals surface area contributed by atoms with Crippen molar-refractivity contribution in [3.63, 3.8) is 0 Å². The van der Waals surface area contributed by atoms with Gasteiger partial charge in [-0.1, -0.05) is 29.8 Å². The van der Waals surface area contributed by atoms with Crippen LogP contribution in [0.15, 0.2) is 48.7 Å². The topological polar surface area (TPSA) is 97.4 Å². The third kappa shape index (κ3) is 5.40. The van der Waals surface area contributed by atoms with Crippen LogP contribution in [0.2, 0.25) is 5.02 Å². The number of anilines is 1. The summed E-state index contributed by atoms with van der Waals surface area (Å²) in [6.07, 6.45) is 1.34. The Hall–Kier alpha value is -2.93. The number of carbonyl (C=O) groups excluding carboxylic acids is 3. The van der Waals surface area contributed by atoms with Crippen LogP contribution in [0, 0.1) is 0 Å². The molecule has 118 valence electrons. The van der Waals surface area contributed by atoms with Crippen LogP contribution in [0.1, 0.15) is 10.5 Å². The molecule has 0 aliphatic carbocycles. The Morgan fingerprint density at radius 2 is 1.87 bits per heavy atom. The molecule has 1 aromatic carbocycles. The zero-order valence-corrected chi connectivity index (χ0v) is 12.5. The second kappa shape index (κ2) is 7.90. The summed E-state index contributed by atoms with van der Waals surface area (Å²) in [7, 11) is 0. The van der Waals surface area contributed by atoms with Gasteiger partial charge in [-0.3, -0.25) is 10.1 Å². The number of pyridine rings is 1. The molecule has 8 heteroatoms. The molecule has 23 heavy (non-hydrogen) atoms. The van der Waals surface area contributed by atoms with Gasteiger partial charge in [-0.15, -0.1) is 0 Å². The number of benzene rings is 1. The summed E-state index contributed by atoms with van der Waals surface area (Å²) < 4.78 is 4.74. The van der Waals surface area contributed by atoms with Crippen molar-refractivity contribution in [3.05, 3.63) is 59.4 Å². The van der Waals surface area contributed by atoms with Crippen LogP contribution in [0.3, 0.4) is 0 Å². The van der Waals surface area contributed by atoms with Gasteiger partial charge in [-0.05, 0) is 24.3 Å². The maximum Gasteiger partial charge on any atom is 0.357 e. The first-order valence-corrected chi connectivity index (χ1v) is 6.87. The monoisotopic (exact) mass is 333 g/mol. The molecule has 0 fully saturated rings. The van der Waals surface area contributed by atoms with Crippen molar-refractivity contribution in [2.45, 2.75) is 0 Å². The van der Waals surface area contributed by atoms with E-state index >= 15 is 0 Å². The Balaban J connectivity index is 1.78. The van der Waals surface area contributed by atoms with Crippen molar-refractivity contribution in [1.82, 2.24) is 10.3 Å². The van der Waals surface area contributed by atoms with E-state index in [4.69, 9.17) is 16.3 Å². The highest BCUT2D eigenvalue weighted by Gasteiger charge is 2.13. The number of rotatable bonds is 4. The lowest BCUT2D eigenvalue weighted by Gasteiger charge is -2.07. The van der Waals surface area contributed by atoms with E-state index < -0.39 is 24.5 Å². The molecule has 1 aromatic heterocycles. The van der Waals surface area contributed by atoms with Crippen LogP contribution in [-0.2, 0) is 9.53 Å². The highest BCUT2D eigenvalue weighted by atomic mass is 35.5. The van der Waals surface area contributed by atoms with Crippen molar-refractivity contribution in [2.24, 2.45) is 0 Å². The Bertz CT molecular complexity index is 722. The number of aromatic nitrogens is 1. The quantitative estimate of drug-likeness (QED) is 0.836. The van der Waals surface area contributed by atoms with Crippen LogP contribution >= 0.6 is 11.6 Å². The molecule has 0 saturated carbocycles. The minimum absolute atomic E-state index is 0.0287. The number of esters is 1. The van der Waals surface area contributed by atoms with Gasteiger partial charge in [-0.25, -0.2) is 14.6 Å². The van der Waals surface area contributed by atoms with E-state index in [0.29, 0.717) is 10.7 Å². The van der Waals surface area contributed by atoms with Gasteiger partial charge in [0.25, 0.3) is 5.91 Å². The molecule has 3 amide bonds. The van der Waals surface area contributed by atoms with E-state index in [0.717, 1.165) is 0 Å². The zero-order chi connectivity index (χ0) is 16.7. The molecule has 0 saturated heterocycles. The molecular formula is C15H12ClN3O4. The van der Waals surface area contributed by atoms with Crippen LogP contribution in [-0.4, -0.2) is 29.5 Å². The minimum atomic E-state index is -0.814. The number of amides is 3. The summed E-state index contributed by atoms with van der Waals surface area (Å²) in [5.41, 5.74) is 0.497. The number of urea groups is 1. The van der Waals surface area contributed by atoms with Crippen molar-refractivity contribution in [3.8, 4) is 0 Å². The first kappa shape index (κ1) is 16.4. The third-order valence-electron chi connectivity index (χ3n) is 2.55. The van der Waals surface area contributed by atoms with Crippen LogP contribution < -0.4 is 10.6 Å². The molecule has 1 heterocycles. The minimum Gasteiger partial charge on any atom is -0.451 e. The van der Waals surface area contributed by atoms with Gasteiger partial charge in [0.1, 0.15) is 5.69 Å². The highest BCUT2D eigenvalue weighted by molar-refractivity contribution is 6.30. The van der Waals surface area contributed by atoms with Gasteiger partial charge in [0.2, 0.25) is 0 Å². The fourth-order valence-corrected chi connectivity index (χ4v) is 1.73. The number of para-hydroxylation sites is 1. The van der Waals surface area contributed by atoms with Crippen LogP contribution in [0.25, 0.3) is 0 Å². The summed E-state index contributed by atoms with van der Waals surface area (Å²) >= 11 is 5.72. The maximum absolute atomic E-state index is 11.7. The lowest BCUT2D eigenvalue weighted by atomic mass is 10.3. The van der Waals surface area contributed by atoms with Gasteiger partial charge in [0, 0.05) is 16.9 Å². The second-order valence-corrected chi connectivity index (χ2v) is 4.74. The normalized spacial score (nSPS) is 9.78. The van der Waals surface area contributed by atoms with E-state index in [1.807, 2.05) is 5.32 Å². The molecule has 0 spiro atoms. The molecular weight excluding hydrogens is 322 g/mol. The van der Waals surface area contributed by atoms with Crippen molar-refractivity contribution >= 4 is 35.2 Å². The molecule has 0 radical (unpaired) electrons. The van der Waals surface area contributed by atoms with Crippen molar-refractivity contribution in [1.29, 1.82) is 0 Å². The molecule has 0 atom stereocenters. The first-order chi connectivity index (χ1) is 11.0. The zero-order valence-electron chi connectivity index (χ0n) is 11.8. The van der Waals surface area contributed by atoms with Gasteiger partial charge in [0.15, 0.2) is 6.61 Å². The van der Waals surface area contributed by atoms with Crippen molar-refractivity contribution < 1.29 is 19.1 Å². The van der Waals surface area contributed by atoms with Crippen LogP contribution in [0.5, 0.6) is 0 Å². The van der Waals surface area contributed by atoms with Gasteiger partial charge < -0.3 is 10.1 Å². The second-order valence-electron chi connectivity index (χ2n) is 4.30. The predicted molar refractivity (Wildman–Crippen MR) is 83.1 cm³/mol.